The number of benzene rings is 1. The summed E-state index contributed by atoms with van der Waals surface area (Å²) in [6.45, 7) is 3.88. The average Bonchev–Trinajstić information content (AvgIpc) is 2.49. The summed E-state index contributed by atoms with van der Waals surface area (Å²) < 4.78 is 15.8. The lowest BCUT2D eigenvalue weighted by molar-refractivity contribution is -0.145. The molecule has 1 rings (SSSR count). The number of amides is 1. The minimum absolute atomic E-state index is 0.0290. The Morgan fingerprint density at radius 3 is 2.33 bits per heavy atom. The first-order valence-electron chi connectivity index (χ1n) is 6.78. The van der Waals surface area contributed by atoms with Crippen LogP contribution in [0.15, 0.2) is 24.3 Å². The number of hydrogen-bond acceptors (Lipinski definition) is 5. The summed E-state index contributed by atoms with van der Waals surface area (Å²) >= 11 is 0. The van der Waals surface area contributed by atoms with Crippen molar-refractivity contribution in [3.63, 3.8) is 0 Å². The first-order valence-corrected chi connectivity index (χ1v) is 6.78. The topological polar surface area (TPSA) is 73.9 Å². The van der Waals surface area contributed by atoms with Gasteiger partial charge in [0.2, 0.25) is 5.91 Å². The molecule has 0 heterocycles. The Bertz CT molecular complexity index is 475. The summed E-state index contributed by atoms with van der Waals surface area (Å²) in [5.74, 6) is 0.234. The molecule has 6 nitrogen and oxygen atoms in total. The summed E-state index contributed by atoms with van der Waals surface area (Å²) in [5, 5.41) is 2.48. The van der Waals surface area contributed by atoms with Gasteiger partial charge in [-0.05, 0) is 18.6 Å². The van der Waals surface area contributed by atoms with Crippen LogP contribution >= 0.6 is 0 Å². The van der Waals surface area contributed by atoms with Gasteiger partial charge in [-0.1, -0.05) is 19.1 Å². The third kappa shape index (κ3) is 5.72. The monoisotopic (exact) mass is 295 g/mol. The number of carbonyl (C=O) groups is 2. The van der Waals surface area contributed by atoms with E-state index in [9.17, 15) is 9.59 Å². The molecule has 1 N–H and O–H groups in total. The van der Waals surface area contributed by atoms with Crippen LogP contribution in [0.1, 0.15) is 20.3 Å². The summed E-state index contributed by atoms with van der Waals surface area (Å²) in [4.78, 5) is 22.7. The number of rotatable bonds is 8. The molecule has 1 unspecified atom stereocenters. The summed E-state index contributed by atoms with van der Waals surface area (Å²) in [5.41, 5.74) is 0. The number of carbonyl (C=O) groups excluding carboxylic acids is 2. The molecule has 0 aliphatic heterocycles. The van der Waals surface area contributed by atoms with E-state index in [0.717, 1.165) is 6.42 Å². The molecule has 0 aromatic heterocycles. The minimum Gasteiger partial charge on any atom is -0.490 e. The second kappa shape index (κ2) is 8.84. The van der Waals surface area contributed by atoms with Gasteiger partial charge in [0.25, 0.3) is 0 Å². The van der Waals surface area contributed by atoms with E-state index in [0.29, 0.717) is 18.1 Å². The molecule has 0 radical (unpaired) electrons. The molecular weight excluding hydrogens is 274 g/mol. The minimum atomic E-state index is -0.855. The predicted molar refractivity (Wildman–Crippen MR) is 77.3 cm³/mol. The molecule has 0 aliphatic rings. The van der Waals surface area contributed by atoms with Gasteiger partial charge in [0.1, 0.15) is 6.61 Å². The molecule has 1 amide bonds. The Morgan fingerprint density at radius 2 is 1.81 bits per heavy atom. The van der Waals surface area contributed by atoms with Crippen LogP contribution in [0.25, 0.3) is 0 Å². The second-order valence-electron chi connectivity index (χ2n) is 4.38. The highest BCUT2D eigenvalue weighted by molar-refractivity contribution is 5.83. The normalized spacial score (nSPS) is 11.4. The van der Waals surface area contributed by atoms with Gasteiger partial charge in [-0.3, -0.25) is 4.79 Å². The lowest BCUT2D eigenvalue weighted by Gasteiger charge is -2.17. The summed E-state index contributed by atoms with van der Waals surface area (Å²) in [7, 11) is 1.26. The number of ether oxygens (including phenoxy) is 3. The van der Waals surface area contributed by atoms with Crippen molar-refractivity contribution in [1.82, 2.24) is 5.32 Å². The highest BCUT2D eigenvalue weighted by Gasteiger charge is 2.21. The number of methoxy groups -OCH3 is 1. The zero-order chi connectivity index (χ0) is 15.7. The molecule has 1 aromatic rings. The smallest absolute Gasteiger partial charge is 0.331 e. The van der Waals surface area contributed by atoms with Crippen LogP contribution < -0.4 is 14.8 Å². The predicted octanol–water partition coefficient (Wildman–Crippen LogP) is 1.53. The first kappa shape index (κ1) is 16.8. The van der Waals surface area contributed by atoms with Crippen molar-refractivity contribution in [2.24, 2.45) is 0 Å². The third-order valence-corrected chi connectivity index (χ3v) is 2.58. The highest BCUT2D eigenvalue weighted by Crippen LogP contribution is 2.26. The average molecular weight is 295 g/mol. The van der Waals surface area contributed by atoms with Crippen LogP contribution in [0.2, 0.25) is 0 Å². The quantitative estimate of drug-likeness (QED) is 0.736. The van der Waals surface area contributed by atoms with E-state index < -0.39 is 12.0 Å². The van der Waals surface area contributed by atoms with Crippen LogP contribution in [0.3, 0.4) is 0 Å². The van der Waals surface area contributed by atoms with Crippen LogP contribution in [0, 0.1) is 0 Å². The van der Waals surface area contributed by atoms with E-state index in [1.165, 1.54) is 14.0 Å². The standard InChI is InChI=1S/C15H21NO5/c1-4-9-20-13-7-5-6-8-14(13)21-10-12(15(18)19-3)16-11(2)17/h5-8,12H,4,9-10H2,1-3H3,(H,16,17). The molecule has 0 aliphatic carbocycles. The van der Waals surface area contributed by atoms with E-state index in [-0.39, 0.29) is 12.5 Å². The number of nitrogens with one attached hydrogen (secondary N) is 1. The van der Waals surface area contributed by atoms with Gasteiger partial charge in [0.05, 0.1) is 13.7 Å². The maximum Gasteiger partial charge on any atom is 0.331 e. The highest BCUT2D eigenvalue weighted by atomic mass is 16.5. The number of hydrogen-bond donors (Lipinski definition) is 1. The van der Waals surface area contributed by atoms with Gasteiger partial charge >= 0.3 is 5.97 Å². The van der Waals surface area contributed by atoms with Gasteiger partial charge in [-0.25, -0.2) is 4.79 Å². The molecule has 0 fully saturated rings. The van der Waals surface area contributed by atoms with Gasteiger partial charge < -0.3 is 19.5 Å². The SMILES string of the molecule is CCCOc1ccccc1OCC(NC(C)=O)C(=O)OC. The van der Waals surface area contributed by atoms with E-state index >= 15 is 0 Å². The van der Waals surface area contributed by atoms with E-state index in [2.05, 4.69) is 10.1 Å². The van der Waals surface area contributed by atoms with Gasteiger partial charge in [0.15, 0.2) is 17.5 Å². The van der Waals surface area contributed by atoms with Crippen molar-refractivity contribution in [3.8, 4) is 11.5 Å². The summed E-state index contributed by atoms with van der Waals surface area (Å²) in [6, 6.07) is 6.32. The Kier molecular flexibility index (Phi) is 7.08. The number of esters is 1. The fraction of sp³-hybridized carbons (Fsp3) is 0.467. The largest absolute Gasteiger partial charge is 0.490 e. The molecule has 0 spiro atoms. The Labute approximate surface area is 124 Å². The van der Waals surface area contributed by atoms with Gasteiger partial charge in [-0.15, -0.1) is 0 Å². The lowest BCUT2D eigenvalue weighted by Crippen LogP contribution is -2.44. The van der Waals surface area contributed by atoms with Gasteiger partial charge in [-0.2, -0.15) is 0 Å². The number of para-hydroxylation sites is 2. The molecule has 1 atom stereocenters. The lowest BCUT2D eigenvalue weighted by atomic mass is 10.3. The van der Waals surface area contributed by atoms with Gasteiger partial charge in [0, 0.05) is 6.92 Å². The maximum absolute atomic E-state index is 11.6. The maximum atomic E-state index is 11.6. The van der Waals surface area contributed by atoms with Crippen molar-refractivity contribution in [2.45, 2.75) is 26.3 Å². The van der Waals surface area contributed by atoms with Crippen LogP contribution in [-0.4, -0.2) is 38.2 Å². The Balaban J connectivity index is 2.70. The fourth-order valence-corrected chi connectivity index (χ4v) is 1.63. The molecule has 0 saturated heterocycles. The van der Waals surface area contributed by atoms with Crippen LogP contribution in [0.5, 0.6) is 11.5 Å². The van der Waals surface area contributed by atoms with Crippen molar-refractivity contribution in [2.75, 3.05) is 20.3 Å². The van der Waals surface area contributed by atoms with Crippen molar-refractivity contribution >= 4 is 11.9 Å². The van der Waals surface area contributed by atoms with E-state index in [4.69, 9.17) is 9.47 Å². The van der Waals surface area contributed by atoms with E-state index in [1.807, 2.05) is 13.0 Å². The van der Waals surface area contributed by atoms with Crippen molar-refractivity contribution < 1.29 is 23.8 Å². The first-order chi connectivity index (χ1) is 10.1. The zero-order valence-electron chi connectivity index (χ0n) is 12.5. The zero-order valence-corrected chi connectivity index (χ0v) is 12.5. The van der Waals surface area contributed by atoms with Crippen molar-refractivity contribution in [3.05, 3.63) is 24.3 Å². The van der Waals surface area contributed by atoms with Crippen LogP contribution in [0.4, 0.5) is 0 Å². The Morgan fingerprint density at radius 1 is 1.19 bits per heavy atom. The summed E-state index contributed by atoms with van der Waals surface area (Å²) in [6.07, 6.45) is 0.880. The molecule has 0 saturated carbocycles. The second-order valence-corrected chi connectivity index (χ2v) is 4.38. The van der Waals surface area contributed by atoms with E-state index in [1.54, 1.807) is 18.2 Å². The molecule has 1 aromatic carbocycles. The molecule has 116 valence electrons. The molecular formula is C15H21NO5. The van der Waals surface area contributed by atoms with Crippen LogP contribution in [-0.2, 0) is 14.3 Å². The molecule has 0 bridgehead atoms. The third-order valence-electron chi connectivity index (χ3n) is 2.58. The Hall–Kier alpha value is -2.24. The van der Waals surface area contributed by atoms with Crippen molar-refractivity contribution in [1.29, 1.82) is 0 Å². The molecule has 6 heteroatoms. The molecule has 21 heavy (non-hydrogen) atoms. The fourth-order valence-electron chi connectivity index (χ4n) is 1.63.